The molecule has 1 fully saturated rings. The van der Waals surface area contributed by atoms with Crippen LogP contribution in [-0.2, 0) is 32.6 Å². The number of carbonyl (C=O) groups is 2. The Kier molecular flexibility index (Phi) is 11.1. The quantitative estimate of drug-likeness (QED) is 0.181. The molecular weight excluding hydrogens is 607 g/mol. The molecule has 0 heterocycles. The molecule has 4 aromatic carbocycles. The fraction of sp³-hybridized carbons (Fsp3) is 0.333. The van der Waals surface area contributed by atoms with Crippen LogP contribution < -0.4 is 9.62 Å². The van der Waals surface area contributed by atoms with E-state index in [-0.39, 0.29) is 23.4 Å². The Balaban J connectivity index is 1.57. The molecule has 1 atom stereocenters. The van der Waals surface area contributed by atoms with Crippen molar-refractivity contribution in [1.82, 2.24) is 10.2 Å². The summed E-state index contributed by atoms with van der Waals surface area (Å²) in [5.74, 6) is -0.672. The molecule has 7 nitrogen and oxygen atoms in total. The van der Waals surface area contributed by atoms with E-state index in [4.69, 9.17) is 0 Å². The Labute approximate surface area is 279 Å². The van der Waals surface area contributed by atoms with Crippen molar-refractivity contribution < 1.29 is 18.0 Å². The van der Waals surface area contributed by atoms with Gasteiger partial charge >= 0.3 is 0 Å². The van der Waals surface area contributed by atoms with E-state index < -0.39 is 28.5 Å². The van der Waals surface area contributed by atoms with E-state index in [1.54, 1.807) is 35.2 Å². The van der Waals surface area contributed by atoms with Crippen LogP contribution in [0.5, 0.6) is 0 Å². The van der Waals surface area contributed by atoms with Gasteiger partial charge in [-0.15, -0.1) is 0 Å². The Hall–Kier alpha value is -4.43. The normalized spacial score (nSPS) is 14.3. The van der Waals surface area contributed by atoms with Crippen molar-refractivity contribution in [2.24, 2.45) is 0 Å². The molecule has 8 heteroatoms. The highest BCUT2D eigenvalue weighted by atomic mass is 32.2. The molecule has 2 amide bonds. The van der Waals surface area contributed by atoms with Crippen LogP contribution in [0.4, 0.5) is 5.69 Å². The Morgan fingerprint density at radius 2 is 1.36 bits per heavy atom. The standard InChI is InChI=1S/C39H45N3O4S/c1-29-19-22-35(23-20-29)47(45,46)42(36-24-21-30(2)25-31(36)3)28-38(43)41(27-33-15-9-5-10-16-33)37(26-32-13-7-4-8-14-32)39(44)40-34-17-11-6-12-18-34/h4-5,7-10,13-16,19-25,34,37H,6,11-12,17-18,26-28H2,1-3H3,(H,40,44). The Morgan fingerprint density at radius 1 is 0.766 bits per heavy atom. The summed E-state index contributed by atoms with van der Waals surface area (Å²) in [6, 6.07) is 30.6. The van der Waals surface area contributed by atoms with Crippen molar-refractivity contribution in [1.29, 1.82) is 0 Å². The van der Waals surface area contributed by atoms with Gasteiger partial charge in [-0.3, -0.25) is 13.9 Å². The van der Waals surface area contributed by atoms with Crippen molar-refractivity contribution in [2.45, 2.75) is 82.8 Å². The molecule has 1 aliphatic rings. The highest BCUT2D eigenvalue weighted by Crippen LogP contribution is 2.29. The number of anilines is 1. The predicted octanol–water partition coefficient (Wildman–Crippen LogP) is 6.90. The van der Waals surface area contributed by atoms with Crippen molar-refractivity contribution in [3.05, 3.63) is 131 Å². The van der Waals surface area contributed by atoms with E-state index in [0.717, 1.165) is 59.9 Å². The first kappa shape index (κ1) is 33.9. The summed E-state index contributed by atoms with van der Waals surface area (Å²) >= 11 is 0. The van der Waals surface area contributed by atoms with Crippen LogP contribution in [0.25, 0.3) is 0 Å². The fourth-order valence-electron chi connectivity index (χ4n) is 6.31. The van der Waals surface area contributed by atoms with Crippen LogP contribution in [0.15, 0.2) is 108 Å². The number of hydrogen-bond acceptors (Lipinski definition) is 4. The van der Waals surface area contributed by atoms with Gasteiger partial charge < -0.3 is 10.2 Å². The first-order chi connectivity index (χ1) is 22.6. The van der Waals surface area contributed by atoms with E-state index >= 15 is 0 Å². The number of nitrogens with zero attached hydrogens (tertiary/aromatic N) is 2. The average molecular weight is 652 g/mol. The van der Waals surface area contributed by atoms with E-state index in [1.807, 2.05) is 93.6 Å². The van der Waals surface area contributed by atoms with Gasteiger partial charge in [-0.05, 0) is 68.5 Å². The van der Waals surface area contributed by atoms with Gasteiger partial charge in [0.15, 0.2) is 0 Å². The molecule has 1 aliphatic carbocycles. The monoisotopic (exact) mass is 651 g/mol. The summed E-state index contributed by atoms with van der Waals surface area (Å²) in [6.07, 6.45) is 5.39. The minimum absolute atomic E-state index is 0.0526. The molecule has 0 aliphatic heterocycles. The van der Waals surface area contributed by atoms with Crippen LogP contribution in [-0.4, -0.2) is 43.8 Å². The Bertz CT molecular complexity index is 1750. The predicted molar refractivity (Wildman–Crippen MR) is 188 cm³/mol. The molecule has 4 aromatic rings. The third-order valence-corrected chi connectivity index (χ3v) is 10.7. The number of amides is 2. The fourth-order valence-corrected chi connectivity index (χ4v) is 7.79. The first-order valence-corrected chi connectivity index (χ1v) is 17.9. The summed E-state index contributed by atoms with van der Waals surface area (Å²) in [5.41, 5.74) is 4.84. The lowest BCUT2D eigenvalue weighted by Gasteiger charge is -2.35. The lowest BCUT2D eigenvalue weighted by atomic mass is 9.94. The number of carbonyl (C=O) groups excluding carboxylic acids is 2. The van der Waals surface area contributed by atoms with Gasteiger partial charge in [-0.2, -0.15) is 0 Å². The largest absolute Gasteiger partial charge is 0.352 e. The van der Waals surface area contributed by atoms with Crippen LogP contribution in [0.1, 0.15) is 59.9 Å². The maximum atomic E-state index is 14.7. The van der Waals surface area contributed by atoms with Crippen LogP contribution in [0.3, 0.4) is 0 Å². The lowest BCUT2D eigenvalue weighted by molar-refractivity contribution is -0.140. The highest BCUT2D eigenvalue weighted by molar-refractivity contribution is 7.92. The minimum Gasteiger partial charge on any atom is -0.352 e. The summed E-state index contributed by atoms with van der Waals surface area (Å²) in [6.45, 7) is 5.38. The molecular formula is C39H45N3O4S. The molecule has 47 heavy (non-hydrogen) atoms. The first-order valence-electron chi connectivity index (χ1n) is 16.5. The zero-order valence-electron chi connectivity index (χ0n) is 27.6. The topological polar surface area (TPSA) is 86.8 Å². The second kappa shape index (κ2) is 15.4. The molecule has 1 saturated carbocycles. The molecule has 5 rings (SSSR count). The van der Waals surface area contributed by atoms with Gasteiger partial charge in [0.05, 0.1) is 10.6 Å². The van der Waals surface area contributed by atoms with Crippen LogP contribution in [0.2, 0.25) is 0 Å². The van der Waals surface area contributed by atoms with E-state index in [0.29, 0.717) is 12.1 Å². The zero-order chi connectivity index (χ0) is 33.4. The van der Waals surface area contributed by atoms with Crippen LogP contribution in [0, 0.1) is 20.8 Å². The van der Waals surface area contributed by atoms with Crippen molar-refractivity contribution >= 4 is 27.5 Å². The van der Waals surface area contributed by atoms with Crippen molar-refractivity contribution in [3.8, 4) is 0 Å². The summed E-state index contributed by atoms with van der Waals surface area (Å²) in [5, 5.41) is 3.26. The number of sulfonamides is 1. The highest BCUT2D eigenvalue weighted by Gasteiger charge is 2.35. The van der Waals surface area contributed by atoms with Crippen molar-refractivity contribution in [2.75, 3.05) is 10.8 Å². The second-order valence-corrected chi connectivity index (χ2v) is 14.5. The number of nitrogens with one attached hydrogen (secondary N) is 1. The SMILES string of the molecule is Cc1ccc(S(=O)(=O)N(CC(=O)N(Cc2ccccc2)C(Cc2ccccc2)C(=O)NC2CCCCC2)c2ccc(C)cc2C)cc1. The number of hydrogen-bond donors (Lipinski definition) is 1. The van der Waals surface area contributed by atoms with Crippen molar-refractivity contribution in [3.63, 3.8) is 0 Å². The summed E-state index contributed by atoms with van der Waals surface area (Å²) in [7, 11) is -4.15. The minimum atomic E-state index is -4.15. The maximum Gasteiger partial charge on any atom is 0.264 e. The van der Waals surface area contributed by atoms with E-state index in [1.165, 1.54) is 4.31 Å². The second-order valence-electron chi connectivity index (χ2n) is 12.7. The molecule has 0 bridgehead atoms. The number of benzene rings is 4. The molecule has 1 unspecified atom stereocenters. The summed E-state index contributed by atoms with van der Waals surface area (Å²) in [4.78, 5) is 30.6. The van der Waals surface area contributed by atoms with E-state index in [9.17, 15) is 18.0 Å². The smallest absolute Gasteiger partial charge is 0.264 e. The molecule has 0 saturated heterocycles. The van der Waals surface area contributed by atoms with Gasteiger partial charge in [0.1, 0.15) is 12.6 Å². The molecule has 0 aromatic heterocycles. The molecule has 0 radical (unpaired) electrons. The Morgan fingerprint density at radius 3 is 1.98 bits per heavy atom. The molecule has 0 spiro atoms. The van der Waals surface area contributed by atoms with E-state index in [2.05, 4.69) is 5.32 Å². The van der Waals surface area contributed by atoms with Gasteiger partial charge in [-0.25, -0.2) is 8.42 Å². The molecule has 1 N–H and O–H groups in total. The lowest BCUT2D eigenvalue weighted by Crippen LogP contribution is -2.55. The number of rotatable bonds is 12. The van der Waals surface area contributed by atoms with Crippen LogP contribution >= 0.6 is 0 Å². The third-order valence-electron chi connectivity index (χ3n) is 8.93. The van der Waals surface area contributed by atoms with Gasteiger partial charge in [0.25, 0.3) is 10.0 Å². The van der Waals surface area contributed by atoms with Gasteiger partial charge in [0, 0.05) is 19.0 Å². The molecule has 246 valence electrons. The summed E-state index contributed by atoms with van der Waals surface area (Å²) < 4.78 is 29.9. The zero-order valence-corrected chi connectivity index (χ0v) is 28.4. The van der Waals surface area contributed by atoms with Gasteiger partial charge in [-0.1, -0.05) is 115 Å². The third kappa shape index (κ3) is 8.69. The number of aryl methyl sites for hydroxylation is 3. The maximum absolute atomic E-state index is 14.7. The average Bonchev–Trinajstić information content (AvgIpc) is 3.07. The van der Waals surface area contributed by atoms with Gasteiger partial charge in [0.2, 0.25) is 11.8 Å².